The Balaban J connectivity index is 2.71. The molecule has 0 unspecified atom stereocenters. The zero-order valence-electron chi connectivity index (χ0n) is 11.2. The van der Waals surface area contributed by atoms with Crippen molar-refractivity contribution in [3.63, 3.8) is 0 Å². The van der Waals surface area contributed by atoms with Gasteiger partial charge in [0, 0.05) is 0 Å². The van der Waals surface area contributed by atoms with Crippen LogP contribution in [0.5, 0.6) is 11.5 Å². The maximum absolute atomic E-state index is 5.72. The van der Waals surface area contributed by atoms with Gasteiger partial charge < -0.3 is 9.47 Å². The van der Waals surface area contributed by atoms with Gasteiger partial charge in [0.25, 0.3) is 0 Å². The molecule has 2 nitrogen and oxygen atoms in total. The second-order valence-electron chi connectivity index (χ2n) is 4.44. The molecule has 1 aromatic carbocycles. The summed E-state index contributed by atoms with van der Waals surface area (Å²) in [7, 11) is 1.67. The highest BCUT2D eigenvalue weighted by atomic mass is 16.5. The zero-order chi connectivity index (χ0) is 12.7. The molecule has 0 heterocycles. The van der Waals surface area contributed by atoms with E-state index in [0.717, 1.165) is 30.1 Å². The lowest BCUT2D eigenvalue weighted by atomic mass is 10.1. The lowest BCUT2D eigenvalue weighted by Crippen LogP contribution is -2.02. The Morgan fingerprint density at radius 3 is 2.59 bits per heavy atom. The van der Waals surface area contributed by atoms with E-state index in [1.165, 1.54) is 0 Å². The largest absolute Gasteiger partial charge is 0.493 e. The van der Waals surface area contributed by atoms with Gasteiger partial charge in [-0.05, 0) is 37.0 Å². The van der Waals surface area contributed by atoms with Crippen molar-refractivity contribution in [3.05, 3.63) is 29.8 Å². The SMILES string of the molecule is C/C=C/c1ccc(OCCC(C)C)c(OC)c1. The minimum absolute atomic E-state index is 0.656. The van der Waals surface area contributed by atoms with Gasteiger partial charge in [-0.15, -0.1) is 0 Å². The summed E-state index contributed by atoms with van der Waals surface area (Å²) in [4.78, 5) is 0. The molecule has 0 aromatic heterocycles. The lowest BCUT2D eigenvalue weighted by molar-refractivity contribution is 0.273. The van der Waals surface area contributed by atoms with Gasteiger partial charge in [0.15, 0.2) is 11.5 Å². The number of ether oxygens (including phenoxy) is 2. The van der Waals surface area contributed by atoms with E-state index in [0.29, 0.717) is 5.92 Å². The molecule has 1 aromatic rings. The Labute approximate surface area is 104 Å². The highest BCUT2D eigenvalue weighted by Crippen LogP contribution is 2.28. The van der Waals surface area contributed by atoms with Crippen molar-refractivity contribution in [1.82, 2.24) is 0 Å². The van der Waals surface area contributed by atoms with E-state index in [1.54, 1.807) is 7.11 Å². The van der Waals surface area contributed by atoms with E-state index in [4.69, 9.17) is 9.47 Å². The standard InChI is InChI=1S/C15H22O2/c1-5-6-13-7-8-14(15(11-13)16-4)17-10-9-12(2)3/h5-8,11-12H,9-10H2,1-4H3/b6-5+. The molecule has 0 spiro atoms. The van der Waals surface area contributed by atoms with E-state index in [2.05, 4.69) is 13.8 Å². The Morgan fingerprint density at radius 1 is 1.24 bits per heavy atom. The molecule has 2 heteroatoms. The van der Waals surface area contributed by atoms with Gasteiger partial charge in [-0.1, -0.05) is 32.1 Å². The third kappa shape index (κ3) is 4.51. The molecule has 94 valence electrons. The Morgan fingerprint density at radius 2 is 2.00 bits per heavy atom. The first-order valence-electron chi connectivity index (χ1n) is 6.11. The van der Waals surface area contributed by atoms with Crippen molar-refractivity contribution in [2.75, 3.05) is 13.7 Å². The van der Waals surface area contributed by atoms with Crippen LogP contribution in [0.25, 0.3) is 6.08 Å². The smallest absolute Gasteiger partial charge is 0.161 e. The van der Waals surface area contributed by atoms with Crippen LogP contribution in [-0.2, 0) is 0 Å². The third-order valence-corrected chi connectivity index (χ3v) is 2.50. The van der Waals surface area contributed by atoms with Crippen molar-refractivity contribution in [1.29, 1.82) is 0 Å². The monoisotopic (exact) mass is 234 g/mol. The maximum Gasteiger partial charge on any atom is 0.161 e. The first kappa shape index (κ1) is 13.6. The number of allylic oxidation sites excluding steroid dienone is 1. The topological polar surface area (TPSA) is 18.5 Å². The molecule has 0 bridgehead atoms. The van der Waals surface area contributed by atoms with Gasteiger partial charge in [-0.25, -0.2) is 0 Å². The van der Waals surface area contributed by atoms with Gasteiger partial charge >= 0.3 is 0 Å². The van der Waals surface area contributed by atoms with Gasteiger partial charge in [-0.2, -0.15) is 0 Å². The molecule has 0 N–H and O–H groups in total. The molecule has 17 heavy (non-hydrogen) atoms. The van der Waals surface area contributed by atoms with Crippen LogP contribution in [0.15, 0.2) is 24.3 Å². The van der Waals surface area contributed by atoms with Crippen molar-refractivity contribution in [2.45, 2.75) is 27.2 Å². The van der Waals surface area contributed by atoms with Crippen LogP contribution in [0.3, 0.4) is 0 Å². The van der Waals surface area contributed by atoms with Gasteiger partial charge in [-0.3, -0.25) is 0 Å². The highest BCUT2D eigenvalue weighted by Gasteiger charge is 2.05. The average molecular weight is 234 g/mol. The molecular formula is C15H22O2. The quantitative estimate of drug-likeness (QED) is 0.736. The zero-order valence-corrected chi connectivity index (χ0v) is 11.2. The van der Waals surface area contributed by atoms with Crippen LogP contribution in [0.1, 0.15) is 32.8 Å². The van der Waals surface area contributed by atoms with Crippen LogP contribution in [0.2, 0.25) is 0 Å². The molecule has 1 rings (SSSR count). The molecule has 0 aliphatic carbocycles. The Kier molecular flexibility index (Phi) is 5.61. The van der Waals surface area contributed by atoms with E-state index < -0.39 is 0 Å². The van der Waals surface area contributed by atoms with Gasteiger partial charge in [0.1, 0.15) is 0 Å². The number of rotatable bonds is 6. The number of methoxy groups -OCH3 is 1. The van der Waals surface area contributed by atoms with Gasteiger partial charge in [0.2, 0.25) is 0 Å². The molecule has 0 amide bonds. The minimum Gasteiger partial charge on any atom is -0.493 e. The molecule has 0 radical (unpaired) electrons. The highest BCUT2D eigenvalue weighted by molar-refractivity contribution is 5.55. The summed E-state index contributed by atoms with van der Waals surface area (Å²) >= 11 is 0. The molecule has 0 atom stereocenters. The van der Waals surface area contributed by atoms with Crippen LogP contribution in [-0.4, -0.2) is 13.7 Å². The number of benzene rings is 1. The maximum atomic E-state index is 5.72. The third-order valence-electron chi connectivity index (χ3n) is 2.50. The summed E-state index contributed by atoms with van der Waals surface area (Å²) in [5.41, 5.74) is 1.13. The molecule has 0 aliphatic rings. The predicted molar refractivity (Wildman–Crippen MR) is 72.7 cm³/mol. The summed E-state index contributed by atoms with van der Waals surface area (Å²) in [5.74, 6) is 2.27. The molecule has 0 saturated carbocycles. The van der Waals surface area contributed by atoms with Crippen molar-refractivity contribution < 1.29 is 9.47 Å². The average Bonchev–Trinajstić information content (AvgIpc) is 2.30. The van der Waals surface area contributed by atoms with Crippen LogP contribution < -0.4 is 9.47 Å². The summed E-state index contributed by atoms with van der Waals surface area (Å²) in [6.07, 6.45) is 5.11. The molecule has 0 aliphatic heterocycles. The van der Waals surface area contributed by atoms with E-state index in [-0.39, 0.29) is 0 Å². The fourth-order valence-corrected chi connectivity index (χ4v) is 1.50. The van der Waals surface area contributed by atoms with Crippen molar-refractivity contribution in [2.24, 2.45) is 5.92 Å². The van der Waals surface area contributed by atoms with Crippen LogP contribution >= 0.6 is 0 Å². The number of hydrogen-bond donors (Lipinski definition) is 0. The van der Waals surface area contributed by atoms with Crippen LogP contribution in [0.4, 0.5) is 0 Å². The Hall–Kier alpha value is -1.44. The van der Waals surface area contributed by atoms with Crippen LogP contribution in [0, 0.1) is 5.92 Å². The second-order valence-corrected chi connectivity index (χ2v) is 4.44. The fourth-order valence-electron chi connectivity index (χ4n) is 1.50. The van der Waals surface area contributed by atoms with Crippen molar-refractivity contribution in [3.8, 4) is 11.5 Å². The summed E-state index contributed by atoms with van der Waals surface area (Å²) in [6, 6.07) is 5.99. The van der Waals surface area contributed by atoms with Gasteiger partial charge in [0.05, 0.1) is 13.7 Å². The lowest BCUT2D eigenvalue weighted by Gasteiger charge is -2.12. The van der Waals surface area contributed by atoms with E-state index in [9.17, 15) is 0 Å². The Bertz CT molecular complexity index is 367. The molecular weight excluding hydrogens is 212 g/mol. The summed E-state index contributed by atoms with van der Waals surface area (Å²) in [6.45, 7) is 7.11. The van der Waals surface area contributed by atoms with E-state index in [1.807, 2.05) is 37.3 Å². The summed E-state index contributed by atoms with van der Waals surface area (Å²) < 4.78 is 11.1. The van der Waals surface area contributed by atoms with Crippen molar-refractivity contribution >= 4 is 6.08 Å². The molecule has 0 saturated heterocycles. The molecule has 0 fully saturated rings. The van der Waals surface area contributed by atoms with E-state index >= 15 is 0 Å². The minimum atomic E-state index is 0.656. The first-order valence-corrected chi connectivity index (χ1v) is 6.11. The fraction of sp³-hybridized carbons (Fsp3) is 0.467. The summed E-state index contributed by atoms with van der Waals surface area (Å²) in [5, 5.41) is 0. The first-order chi connectivity index (χ1) is 8.17. The normalized spacial score (nSPS) is 11.1. The number of hydrogen-bond acceptors (Lipinski definition) is 2. The predicted octanol–water partition coefficient (Wildman–Crippen LogP) is 4.15. The second kappa shape index (κ2) is 7.00.